The van der Waals surface area contributed by atoms with Gasteiger partial charge >= 0.3 is 5.97 Å². The molecule has 2 aliphatic carbocycles. The number of hydrogen-bond donors (Lipinski definition) is 0. The van der Waals surface area contributed by atoms with Crippen LogP contribution in [0.15, 0.2) is 12.1 Å². The van der Waals surface area contributed by atoms with Gasteiger partial charge in [-0.05, 0) is 48.8 Å². The van der Waals surface area contributed by atoms with Crippen LogP contribution in [0.2, 0.25) is 0 Å². The lowest BCUT2D eigenvalue weighted by Gasteiger charge is -2.45. The molecule has 0 N–H and O–H groups in total. The Morgan fingerprint density at radius 2 is 2.00 bits per heavy atom. The van der Waals surface area contributed by atoms with Gasteiger partial charge in [-0.25, -0.2) is 0 Å². The van der Waals surface area contributed by atoms with E-state index in [1.807, 2.05) is 19.1 Å². The number of ether oxygens (including phenoxy) is 2. The number of Topliss-reactive ketones (excluding diaryl/α,β-unsaturated/α-hetero) is 1. The number of methoxy groups -OCH3 is 1. The van der Waals surface area contributed by atoms with Gasteiger partial charge < -0.3 is 9.47 Å². The highest BCUT2D eigenvalue weighted by Gasteiger charge is 2.47. The maximum Gasteiger partial charge on any atom is 0.303 e. The number of carbonyl (C=O) groups excluding carboxylic acids is 2. The molecule has 1 saturated carbocycles. The Morgan fingerprint density at radius 1 is 1.28 bits per heavy atom. The van der Waals surface area contributed by atoms with Crippen LogP contribution >= 0.6 is 0 Å². The van der Waals surface area contributed by atoms with Crippen molar-refractivity contribution in [2.75, 3.05) is 7.11 Å². The summed E-state index contributed by atoms with van der Waals surface area (Å²) in [7, 11) is 1.63. The maximum absolute atomic E-state index is 13.1. The number of carbonyl (C=O) groups is 2. The summed E-state index contributed by atoms with van der Waals surface area (Å²) in [6.45, 7) is 7.86. The predicted molar refractivity (Wildman–Crippen MR) is 95.8 cm³/mol. The molecule has 4 heteroatoms. The third kappa shape index (κ3) is 3.19. The molecule has 0 aromatic heterocycles. The fraction of sp³-hybridized carbons (Fsp3) is 0.619. The number of esters is 1. The summed E-state index contributed by atoms with van der Waals surface area (Å²) in [6.07, 6.45) is 3.33. The molecule has 1 aromatic rings. The minimum Gasteiger partial charge on any atom is -0.496 e. The van der Waals surface area contributed by atoms with Crippen molar-refractivity contribution in [1.82, 2.24) is 0 Å². The first kappa shape index (κ1) is 18.0. The average molecular weight is 344 g/mol. The molecule has 1 fully saturated rings. The molecular formula is C21H28O4. The molecule has 0 bridgehead atoms. The van der Waals surface area contributed by atoms with Crippen LogP contribution in [0.4, 0.5) is 0 Å². The van der Waals surface area contributed by atoms with E-state index >= 15 is 0 Å². The highest BCUT2D eigenvalue weighted by Crippen LogP contribution is 2.53. The second-order valence-electron chi connectivity index (χ2n) is 8.22. The highest BCUT2D eigenvalue weighted by molar-refractivity contribution is 5.98. The zero-order valence-corrected chi connectivity index (χ0v) is 15.8. The quantitative estimate of drug-likeness (QED) is 0.734. The van der Waals surface area contributed by atoms with Crippen LogP contribution in [0.3, 0.4) is 0 Å². The minimum absolute atomic E-state index is 0.0676. The summed E-state index contributed by atoms with van der Waals surface area (Å²) in [4.78, 5) is 24.9. The zero-order valence-electron chi connectivity index (χ0n) is 15.8. The number of ketones is 1. The average Bonchev–Trinajstić information content (AvgIpc) is 2.64. The molecule has 0 spiro atoms. The van der Waals surface area contributed by atoms with Gasteiger partial charge in [0.2, 0.25) is 0 Å². The van der Waals surface area contributed by atoms with E-state index in [0.29, 0.717) is 12.0 Å². The number of aryl methyl sites for hydroxylation is 1. The number of hydrogen-bond acceptors (Lipinski definition) is 4. The Kier molecular flexibility index (Phi) is 4.65. The monoisotopic (exact) mass is 344 g/mol. The van der Waals surface area contributed by atoms with Crippen molar-refractivity contribution in [2.24, 2.45) is 17.3 Å². The van der Waals surface area contributed by atoms with Gasteiger partial charge in [0, 0.05) is 30.4 Å². The molecule has 0 saturated heterocycles. The lowest BCUT2D eigenvalue weighted by atomic mass is 9.61. The zero-order chi connectivity index (χ0) is 18.4. The van der Waals surface area contributed by atoms with Crippen molar-refractivity contribution in [2.45, 2.75) is 59.5 Å². The Morgan fingerprint density at radius 3 is 2.64 bits per heavy atom. The van der Waals surface area contributed by atoms with E-state index in [1.165, 1.54) is 6.92 Å². The summed E-state index contributed by atoms with van der Waals surface area (Å²) in [5.41, 5.74) is 2.50. The van der Waals surface area contributed by atoms with E-state index in [4.69, 9.17) is 9.47 Å². The van der Waals surface area contributed by atoms with E-state index in [-0.39, 0.29) is 35.1 Å². The Balaban J connectivity index is 2.17. The summed E-state index contributed by atoms with van der Waals surface area (Å²) in [5, 5.41) is 0. The van der Waals surface area contributed by atoms with Gasteiger partial charge in [-0.2, -0.15) is 0 Å². The van der Waals surface area contributed by atoms with Gasteiger partial charge in [0.1, 0.15) is 11.9 Å². The second kappa shape index (κ2) is 6.47. The molecule has 3 atom stereocenters. The van der Waals surface area contributed by atoms with Gasteiger partial charge in [-0.15, -0.1) is 0 Å². The summed E-state index contributed by atoms with van der Waals surface area (Å²) >= 11 is 0. The molecule has 0 radical (unpaired) electrons. The first-order valence-electron chi connectivity index (χ1n) is 9.13. The van der Waals surface area contributed by atoms with Gasteiger partial charge in [0.25, 0.3) is 0 Å². The topological polar surface area (TPSA) is 52.6 Å². The minimum atomic E-state index is -0.377. The van der Waals surface area contributed by atoms with Crippen LogP contribution in [-0.4, -0.2) is 18.9 Å². The van der Waals surface area contributed by atoms with E-state index in [9.17, 15) is 9.59 Å². The first-order chi connectivity index (χ1) is 11.7. The molecule has 136 valence electrons. The van der Waals surface area contributed by atoms with Crippen molar-refractivity contribution in [1.29, 1.82) is 0 Å². The normalized spacial score (nSPS) is 27.7. The number of benzene rings is 1. The molecule has 3 rings (SSSR count). The lowest BCUT2D eigenvalue weighted by molar-refractivity contribution is -0.153. The molecule has 1 aromatic carbocycles. The molecule has 2 aliphatic rings. The smallest absolute Gasteiger partial charge is 0.303 e. The Hall–Kier alpha value is -1.84. The maximum atomic E-state index is 13.1. The van der Waals surface area contributed by atoms with Crippen LogP contribution in [0.5, 0.6) is 5.75 Å². The SMILES string of the molecule is COc1cc2c(cc1C)C(=O)C[C@@H]1[C@H](CCCC1(C)C)[C@H]2OC(C)=O. The van der Waals surface area contributed by atoms with Crippen molar-refractivity contribution < 1.29 is 19.1 Å². The van der Waals surface area contributed by atoms with Crippen LogP contribution in [-0.2, 0) is 9.53 Å². The predicted octanol–water partition coefficient (Wildman–Crippen LogP) is 4.64. The molecule has 4 nitrogen and oxygen atoms in total. The van der Waals surface area contributed by atoms with Crippen molar-refractivity contribution >= 4 is 11.8 Å². The Labute approximate surface area is 149 Å². The van der Waals surface area contributed by atoms with Crippen molar-refractivity contribution in [3.63, 3.8) is 0 Å². The third-order valence-electron chi connectivity index (χ3n) is 6.14. The van der Waals surface area contributed by atoms with Crippen molar-refractivity contribution in [3.8, 4) is 5.75 Å². The standard InChI is InChI=1S/C21H28O4/c1-12-9-15-16(10-19(12)24-5)20(25-13(2)22)14-7-6-8-21(3,4)17(14)11-18(15)23/h9-10,14,17,20H,6-8,11H2,1-5H3/t14-,17+,20+/m0/s1. The van der Waals surface area contributed by atoms with E-state index in [0.717, 1.165) is 36.1 Å². The molecular weight excluding hydrogens is 316 g/mol. The number of fused-ring (bicyclic) bond motifs is 2. The van der Waals surface area contributed by atoms with Crippen LogP contribution in [0, 0.1) is 24.2 Å². The van der Waals surface area contributed by atoms with Crippen LogP contribution < -0.4 is 4.74 Å². The van der Waals surface area contributed by atoms with Gasteiger partial charge in [0.15, 0.2) is 5.78 Å². The fourth-order valence-corrected chi connectivity index (χ4v) is 4.82. The second-order valence-corrected chi connectivity index (χ2v) is 8.22. The molecule has 25 heavy (non-hydrogen) atoms. The molecule has 0 unspecified atom stereocenters. The molecule has 0 amide bonds. The van der Waals surface area contributed by atoms with E-state index in [1.54, 1.807) is 7.11 Å². The molecule has 0 heterocycles. The first-order valence-corrected chi connectivity index (χ1v) is 9.13. The fourth-order valence-electron chi connectivity index (χ4n) is 4.82. The van der Waals surface area contributed by atoms with Crippen molar-refractivity contribution in [3.05, 3.63) is 28.8 Å². The highest BCUT2D eigenvalue weighted by atomic mass is 16.5. The van der Waals surface area contributed by atoms with E-state index < -0.39 is 0 Å². The number of rotatable bonds is 2. The Bertz CT molecular complexity index is 704. The molecule has 0 aliphatic heterocycles. The summed E-state index contributed by atoms with van der Waals surface area (Å²) in [5.74, 6) is 0.978. The summed E-state index contributed by atoms with van der Waals surface area (Å²) < 4.78 is 11.3. The van der Waals surface area contributed by atoms with Gasteiger partial charge in [-0.3, -0.25) is 9.59 Å². The van der Waals surface area contributed by atoms with Gasteiger partial charge in [-0.1, -0.05) is 20.3 Å². The lowest BCUT2D eigenvalue weighted by Crippen LogP contribution is -2.38. The third-order valence-corrected chi connectivity index (χ3v) is 6.14. The van der Waals surface area contributed by atoms with Crippen LogP contribution in [0.25, 0.3) is 0 Å². The largest absolute Gasteiger partial charge is 0.496 e. The van der Waals surface area contributed by atoms with E-state index in [2.05, 4.69) is 13.8 Å². The van der Waals surface area contributed by atoms with Crippen LogP contribution in [0.1, 0.15) is 74.0 Å². The summed E-state index contributed by atoms with van der Waals surface area (Å²) in [6, 6.07) is 3.80. The van der Waals surface area contributed by atoms with Gasteiger partial charge in [0.05, 0.1) is 7.11 Å².